The van der Waals surface area contributed by atoms with Crippen molar-refractivity contribution in [1.29, 1.82) is 0 Å². The molecule has 3 aromatic carbocycles. The van der Waals surface area contributed by atoms with Gasteiger partial charge in [-0.3, -0.25) is 4.90 Å². The van der Waals surface area contributed by atoms with Crippen LogP contribution in [0.25, 0.3) is 0 Å². The molecule has 0 aliphatic rings. The van der Waals surface area contributed by atoms with Crippen molar-refractivity contribution in [1.82, 2.24) is 5.32 Å². The largest absolute Gasteiger partial charge is 0.337 e. The van der Waals surface area contributed by atoms with E-state index in [9.17, 15) is 4.79 Å². The highest BCUT2D eigenvalue weighted by atomic mass is 16.2. The first-order valence-electron chi connectivity index (χ1n) is 8.06. The van der Waals surface area contributed by atoms with Gasteiger partial charge in [0.25, 0.3) is 0 Å². The lowest BCUT2D eigenvalue weighted by Crippen LogP contribution is -2.37. The molecular formula is C21H20N2O. The molecule has 0 bridgehead atoms. The maximum Gasteiger partial charge on any atom is 0.326 e. The van der Waals surface area contributed by atoms with Crippen LogP contribution in [0, 0.1) is 0 Å². The Morgan fingerprint density at radius 3 is 1.67 bits per heavy atom. The van der Waals surface area contributed by atoms with E-state index in [4.69, 9.17) is 0 Å². The van der Waals surface area contributed by atoms with Crippen LogP contribution in [0.4, 0.5) is 16.2 Å². The predicted molar refractivity (Wildman–Crippen MR) is 98.6 cm³/mol. The third-order valence-corrected chi connectivity index (χ3v) is 3.76. The Bertz CT molecular complexity index is 718. The number of rotatable bonds is 5. The molecule has 24 heavy (non-hydrogen) atoms. The number of nitrogens with zero attached hydrogens (tertiary/aromatic N) is 1. The summed E-state index contributed by atoms with van der Waals surface area (Å²) >= 11 is 0. The van der Waals surface area contributed by atoms with Crippen molar-refractivity contribution < 1.29 is 4.79 Å². The Hall–Kier alpha value is -3.07. The molecule has 3 aromatic rings. The molecule has 0 spiro atoms. The molecule has 3 nitrogen and oxygen atoms in total. The van der Waals surface area contributed by atoms with Crippen LogP contribution in [-0.4, -0.2) is 12.6 Å². The van der Waals surface area contributed by atoms with Gasteiger partial charge in [-0.15, -0.1) is 0 Å². The van der Waals surface area contributed by atoms with Crippen molar-refractivity contribution in [3.8, 4) is 0 Å². The molecular weight excluding hydrogens is 296 g/mol. The molecule has 2 amide bonds. The first kappa shape index (κ1) is 15.8. The van der Waals surface area contributed by atoms with Crippen LogP contribution in [0.5, 0.6) is 0 Å². The summed E-state index contributed by atoms with van der Waals surface area (Å²) in [5.74, 6) is 0. The number of nitrogens with one attached hydrogen (secondary N) is 1. The fraction of sp³-hybridized carbons (Fsp3) is 0.0952. The quantitative estimate of drug-likeness (QED) is 0.722. The molecule has 0 heterocycles. The minimum atomic E-state index is -0.122. The van der Waals surface area contributed by atoms with E-state index in [1.54, 1.807) is 4.90 Å². The van der Waals surface area contributed by atoms with Crippen molar-refractivity contribution in [3.05, 3.63) is 96.6 Å². The summed E-state index contributed by atoms with van der Waals surface area (Å²) in [7, 11) is 0. The number of urea groups is 1. The van der Waals surface area contributed by atoms with Gasteiger partial charge < -0.3 is 5.32 Å². The van der Waals surface area contributed by atoms with Crippen molar-refractivity contribution in [2.75, 3.05) is 11.4 Å². The van der Waals surface area contributed by atoms with Gasteiger partial charge in [0, 0.05) is 6.54 Å². The van der Waals surface area contributed by atoms with Gasteiger partial charge in [-0.2, -0.15) is 0 Å². The number of amides is 2. The van der Waals surface area contributed by atoms with Gasteiger partial charge in [-0.05, 0) is 36.2 Å². The van der Waals surface area contributed by atoms with E-state index >= 15 is 0 Å². The molecule has 0 saturated carbocycles. The highest BCUT2D eigenvalue weighted by Crippen LogP contribution is 2.24. The average Bonchev–Trinajstić information content (AvgIpc) is 2.65. The molecule has 0 radical (unpaired) electrons. The van der Waals surface area contributed by atoms with Gasteiger partial charge in [0.05, 0.1) is 11.4 Å². The number of anilines is 2. The van der Waals surface area contributed by atoms with E-state index in [2.05, 4.69) is 17.4 Å². The van der Waals surface area contributed by atoms with Crippen LogP contribution in [-0.2, 0) is 6.42 Å². The number of benzene rings is 3. The van der Waals surface area contributed by atoms with Crippen LogP contribution < -0.4 is 10.2 Å². The maximum absolute atomic E-state index is 12.7. The molecule has 0 unspecified atom stereocenters. The number of hydrogen-bond donors (Lipinski definition) is 1. The smallest absolute Gasteiger partial charge is 0.326 e. The van der Waals surface area contributed by atoms with Crippen molar-refractivity contribution in [2.24, 2.45) is 0 Å². The Labute approximate surface area is 142 Å². The third-order valence-electron chi connectivity index (χ3n) is 3.76. The second-order valence-electron chi connectivity index (χ2n) is 5.47. The monoisotopic (exact) mass is 316 g/mol. The SMILES string of the molecule is O=C(NCCc1ccccc1)N(c1ccccc1)c1ccccc1. The minimum Gasteiger partial charge on any atom is -0.337 e. The predicted octanol–water partition coefficient (Wildman–Crippen LogP) is 4.78. The Morgan fingerprint density at radius 1 is 0.708 bits per heavy atom. The van der Waals surface area contributed by atoms with Crippen molar-refractivity contribution >= 4 is 17.4 Å². The molecule has 0 aliphatic carbocycles. The molecule has 0 aromatic heterocycles. The number of carbonyl (C=O) groups is 1. The topological polar surface area (TPSA) is 32.3 Å². The molecule has 3 heteroatoms. The molecule has 0 atom stereocenters. The number of hydrogen-bond acceptors (Lipinski definition) is 1. The Morgan fingerprint density at radius 2 is 1.17 bits per heavy atom. The second-order valence-corrected chi connectivity index (χ2v) is 5.47. The van der Waals surface area contributed by atoms with Crippen LogP contribution in [0.2, 0.25) is 0 Å². The van der Waals surface area contributed by atoms with E-state index < -0.39 is 0 Å². The highest BCUT2D eigenvalue weighted by molar-refractivity contribution is 5.99. The fourth-order valence-electron chi connectivity index (χ4n) is 2.58. The summed E-state index contributed by atoms with van der Waals surface area (Å²) in [6, 6.07) is 29.4. The van der Waals surface area contributed by atoms with Gasteiger partial charge >= 0.3 is 6.03 Å². The van der Waals surface area contributed by atoms with Gasteiger partial charge in [0.1, 0.15) is 0 Å². The zero-order valence-electron chi connectivity index (χ0n) is 13.4. The molecule has 0 saturated heterocycles. The number of carbonyl (C=O) groups excluding carboxylic acids is 1. The molecule has 1 N–H and O–H groups in total. The summed E-state index contributed by atoms with van der Waals surface area (Å²) in [6.45, 7) is 0.596. The summed E-state index contributed by atoms with van der Waals surface area (Å²) in [6.07, 6.45) is 0.810. The Balaban J connectivity index is 1.72. The van der Waals surface area contributed by atoms with E-state index in [0.29, 0.717) is 6.54 Å². The fourth-order valence-corrected chi connectivity index (χ4v) is 2.58. The van der Waals surface area contributed by atoms with Crippen molar-refractivity contribution in [2.45, 2.75) is 6.42 Å². The molecule has 0 aliphatic heterocycles. The zero-order valence-corrected chi connectivity index (χ0v) is 13.4. The second kappa shape index (κ2) is 7.97. The molecule has 3 rings (SSSR count). The normalized spacial score (nSPS) is 10.2. The van der Waals surface area contributed by atoms with Crippen molar-refractivity contribution in [3.63, 3.8) is 0 Å². The Kier molecular flexibility index (Phi) is 5.25. The lowest BCUT2D eigenvalue weighted by molar-refractivity contribution is 0.248. The maximum atomic E-state index is 12.7. The first-order chi connectivity index (χ1) is 11.8. The van der Waals surface area contributed by atoms with Gasteiger partial charge in [-0.1, -0.05) is 66.7 Å². The van der Waals surface area contributed by atoms with E-state index in [0.717, 1.165) is 17.8 Å². The lowest BCUT2D eigenvalue weighted by atomic mass is 10.1. The van der Waals surface area contributed by atoms with E-state index in [1.165, 1.54) is 5.56 Å². The highest BCUT2D eigenvalue weighted by Gasteiger charge is 2.16. The first-order valence-corrected chi connectivity index (χ1v) is 8.06. The minimum absolute atomic E-state index is 0.122. The summed E-state index contributed by atoms with van der Waals surface area (Å²) in [4.78, 5) is 14.4. The summed E-state index contributed by atoms with van der Waals surface area (Å²) < 4.78 is 0. The zero-order chi connectivity index (χ0) is 16.6. The lowest BCUT2D eigenvalue weighted by Gasteiger charge is -2.23. The van der Waals surface area contributed by atoms with Gasteiger partial charge in [0.2, 0.25) is 0 Å². The third kappa shape index (κ3) is 4.02. The van der Waals surface area contributed by atoms with Crippen LogP contribution in [0.3, 0.4) is 0 Å². The van der Waals surface area contributed by atoms with Crippen LogP contribution in [0.15, 0.2) is 91.0 Å². The summed E-state index contributed by atoms with van der Waals surface area (Å²) in [5.41, 5.74) is 2.91. The molecule has 120 valence electrons. The van der Waals surface area contributed by atoms with Crippen LogP contribution >= 0.6 is 0 Å². The van der Waals surface area contributed by atoms with E-state index in [-0.39, 0.29) is 6.03 Å². The van der Waals surface area contributed by atoms with Crippen LogP contribution in [0.1, 0.15) is 5.56 Å². The van der Waals surface area contributed by atoms with Gasteiger partial charge in [0.15, 0.2) is 0 Å². The standard InChI is InChI=1S/C21H20N2O/c24-21(22-17-16-18-10-4-1-5-11-18)23(19-12-6-2-7-13-19)20-14-8-3-9-15-20/h1-15H,16-17H2,(H,22,24). The van der Waals surface area contributed by atoms with E-state index in [1.807, 2.05) is 78.9 Å². The summed E-state index contributed by atoms with van der Waals surface area (Å²) in [5, 5.41) is 3.02. The van der Waals surface area contributed by atoms with Gasteiger partial charge in [-0.25, -0.2) is 4.79 Å². The number of para-hydroxylation sites is 2. The molecule has 0 fully saturated rings. The average molecular weight is 316 g/mol.